The van der Waals surface area contributed by atoms with Crippen LogP contribution >= 0.6 is 0 Å². The second-order valence-corrected chi connectivity index (χ2v) is 6.74. The Morgan fingerprint density at radius 3 is 1.29 bits per heavy atom. The monoisotopic (exact) mass is 342 g/mol. The van der Waals surface area contributed by atoms with Gasteiger partial charge < -0.3 is 16.2 Å². The molecular formula is C19H38N2O3. The molecule has 0 radical (unpaired) electrons. The quantitative estimate of drug-likeness (QED) is 0.307. The van der Waals surface area contributed by atoms with Crippen LogP contribution in [-0.2, 0) is 4.79 Å². The zero-order valence-corrected chi connectivity index (χ0v) is 15.4. The van der Waals surface area contributed by atoms with Crippen LogP contribution in [-0.4, -0.2) is 23.7 Å². The highest BCUT2D eigenvalue weighted by Gasteiger charge is 1.97. The molecule has 142 valence electrons. The van der Waals surface area contributed by atoms with E-state index in [1.165, 1.54) is 77.0 Å². The SMILES string of the molecule is NC(=O)NCCCCCCCCCCCCCCCCCC(=O)O. The van der Waals surface area contributed by atoms with Gasteiger partial charge in [-0.2, -0.15) is 0 Å². The van der Waals surface area contributed by atoms with Gasteiger partial charge in [-0.3, -0.25) is 4.79 Å². The molecule has 0 aromatic rings. The summed E-state index contributed by atoms with van der Waals surface area (Å²) in [6, 6.07) is -0.423. The number of nitrogens with two attached hydrogens (primary N) is 1. The Bertz CT molecular complexity index is 279. The molecule has 0 atom stereocenters. The molecule has 0 aliphatic heterocycles. The van der Waals surface area contributed by atoms with Crippen molar-refractivity contribution in [3.63, 3.8) is 0 Å². The van der Waals surface area contributed by atoms with E-state index in [2.05, 4.69) is 5.32 Å². The first-order valence-electron chi connectivity index (χ1n) is 9.88. The molecule has 0 fully saturated rings. The zero-order chi connectivity index (χ0) is 17.9. The van der Waals surface area contributed by atoms with Crippen molar-refractivity contribution >= 4 is 12.0 Å². The van der Waals surface area contributed by atoms with Crippen LogP contribution in [0.5, 0.6) is 0 Å². The van der Waals surface area contributed by atoms with Gasteiger partial charge in [-0.15, -0.1) is 0 Å². The fourth-order valence-electron chi connectivity index (χ4n) is 2.91. The maximum absolute atomic E-state index is 10.5. The number of nitrogens with one attached hydrogen (secondary N) is 1. The molecule has 0 aromatic carbocycles. The van der Waals surface area contributed by atoms with Crippen molar-refractivity contribution in [1.82, 2.24) is 5.32 Å². The summed E-state index contributed by atoms with van der Waals surface area (Å²) in [5, 5.41) is 11.2. The normalized spacial score (nSPS) is 10.7. The summed E-state index contributed by atoms with van der Waals surface area (Å²) in [6.45, 7) is 0.703. The van der Waals surface area contributed by atoms with Crippen LogP contribution in [0.1, 0.15) is 103 Å². The van der Waals surface area contributed by atoms with Gasteiger partial charge in [-0.05, 0) is 12.8 Å². The van der Waals surface area contributed by atoms with E-state index in [0.717, 1.165) is 19.3 Å². The maximum atomic E-state index is 10.5. The molecule has 24 heavy (non-hydrogen) atoms. The Morgan fingerprint density at radius 1 is 0.625 bits per heavy atom. The molecule has 5 nitrogen and oxygen atoms in total. The fraction of sp³-hybridized carbons (Fsp3) is 0.895. The van der Waals surface area contributed by atoms with Gasteiger partial charge in [0.05, 0.1) is 0 Å². The second kappa shape index (κ2) is 18.1. The molecule has 2 amide bonds. The average molecular weight is 343 g/mol. The van der Waals surface area contributed by atoms with Crippen LogP contribution in [0.2, 0.25) is 0 Å². The van der Waals surface area contributed by atoms with Crippen LogP contribution in [0.15, 0.2) is 0 Å². The summed E-state index contributed by atoms with van der Waals surface area (Å²) in [4.78, 5) is 20.8. The Morgan fingerprint density at radius 2 is 0.958 bits per heavy atom. The maximum Gasteiger partial charge on any atom is 0.312 e. The summed E-state index contributed by atoms with van der Waals surface area (Å²) in [6.07, 6.45) is 18.7. The van der Waals surface area contributed by atoms with E-state index in [1.807, 2.05) is 0 Å². The molecule has 4 N–H and O–H groups in total. The third kappa shape index (κ3) is 20.7. The number of amides is 2. The van der Waals surface area contributed by atoms with Crippen LogP contribution in [0.3, 0.4) is 0 Å². The predicted molar refractivity (Wildman–Crippen MR) is 99.1 cm³/mol. The van der Waals surface area contributed by atoms with Crippen molar-refractivity contribution in [3.8, 4) is 0 Å². The number of urea groups is 1. The number of carbonyl (C=O) groups is 2. The zero-order valence-electron chi connectivity index (χ0n) is 15.4. The minimum Gasteiger partial charge on any atom is -0.481 e. The fourth-order valence-corrected chi connectivity index (χ4v) is 2.91. The lowest BCUT2D eigenvalue weighted by molar-refractivity contribution is -0.137. The molecule has 0 heterocycles. The summed E-state index contributed by atoms with van der Waals surface area (Å²) < 4.78 is 0. The van der Waals surface area contributed by atoms with Crippen LogP contribution in [0, 0.1) is 0 Å². The van der Waals surface area contributed by atoms with Crippen LogP contribution < -0.4 is 11.1 Å². The van der Waals surface area contributed by atoms with Crippen molar-refractivity contribution in [2.45, 2.75) is 103 Å². The number of aliphatic carboxylic acids is 1. The lowest BCUT2D eigenvalue weighted by atomic mass is 10.0. The van der Waals surface area contributed by atoms with Crippen molar-refractivity contribution in [3.05, 3.63) is 0 Å². The van der Waals surface area contributed by atoms with Crippen LogP contribution in [0.25, 0.3) is 0 Å². The number of carboxylic acids is 1. The van der Waals surface area contributed by atoms with E-state index in [1.54, 1.807) is 0 Å². The summed E-state index contributed by atoms with van der Waals surface area (Å²) >= 11 is 0. The highest BCUT2D eigenvalue weighted by atomic mass is 16.4. The standard InChI is InChI=1S/C19H38N2O3/c20-19(24)21-17-15-13-11-9-7-5-3-1-2-4-6-8-10-12-14-16-18(22)23/h1-17H2,(H,22,23)(H3,20,21,24). The van der Waals surface area contributed by atoms with Crippen LogP contribution in [0.4, 0.5) is 4.79 Å². The van der Waals surface area contributed by atoms with Crippen molar-refractivity contribution in [2.24, 2.45) is 5.73 Å². The first-order chi connectivity index (χ1) is 11.6. The summed E-state index contributed by atoms with van der Waals surface area (Å²) in [5.74, 6) is -0.671. The Hall–Kier alpha value is -1.26. The number of hydrogen-bond acceptors (Lipinski definition) is 2. The Balaban J connectivity index is 3.00. The second-order valence-electron chi connectivity index (χ2n) is 6.74. The van der Waals surface area contributed by atoms with Crippen molar-refractivity contribution in [2.75, 3.05) is 6.54 Å². The number of primary amides is 1. The van der Waals surface area contributed by atoms with E-state index >= 15 is 0 Å². The Kier molecular flexibility index (Phi) is 17.1. The molecule has 0 aliphatic carbocycles. The third-order valence-corrected chi connectivity index (χ3v) is 4.37. The number of carboxylic acid groups (broad SMARTS) is 1. The molecule has 0 spiro atoms. The Labute approximate surface area is 147 Å². The molecule has 0 unspecified atom stereocenters. The smallest absolute Gasteiger partial charge is 0.312 e. The van der Waals surface area contributed by atoms with Crippen molar-refractivity contribution < 1.29 is 14.7 Å². The van der Waals surface area contributed by atoms with E-state index in [-0.39, 0.29) is 0 Å². The first kappa shape index (κ1) is 22.7. The average Bonchev–Trinajstić information content (AvgIpc) is 2.53. The highest BCUT2D eigenvalue weighted by Crippen LogP contribution is 2.13. The highest BCUT2D eigenvalue weighted by molar-refractivity contribution is 5.71. The molecule has 0 saturated heterocycles. The summed E-state index contributed by atoms with van der Waals surface area (Å²) in [7, 11) is 0. The topological polar surface area (TPSA) is 92.4 Å². The predicted octanol–water partition coefficient (Wildman–Crippen LogP) is 4.98. The van der Waals surface area contributed by atoms with Gasteiger partial charge >= 0.3 is 12.0 Å². The third-order valence-electron chi connectivity index (χ3n) is 4.37. The lowest BCUT2D eigenvalue weighted by Gasteiger charge is -2.04. The lowest BCUT2D eigenvalue weighted by Crippen LogP contribution is -2.29. The van der Waals surface area contributed by atoms with Gasteiger partial charge in [-0.1, -0.05) is 83.5 Å². The van der Waals surface area contributed by atoms with E-state index in [9.17, 15) is 9.59 Å². The van der Waals surface area contributed by atoms with Gasteiger partial charge in [0.15, 0.2) is 0 Å². The number of hydrogen-bond donors (Lipinski definition) is 3. The van der Waals surface area contributed by atoms with Crippen molar-refractivity contribution in [1.29, 1.82) is 0 Å². The molecule has 0 aromatic heterocycles. The van der Waals surface area contributed by atoms with Gasteiger partial charge in [0.2, 0.25) is 0 Å². The van der Waals surface area contributed by atoms with Gasteiger partial charge in [0, 0.05) is 13.0 Å². The molecule has 0 saturated carbocycles. The number of unbranched alkanes of at least 4 members (excludes halogenated alkanes) is 14. The summed E-state index contributed by atoms with van der Waals surface area (Å²) in [5.41, 5.74) is 5.00. The van der Waals surface area contributed by atoms with Gasteiger partial charge in [-0.25, -0.2) is 4.79 Å². The molecule has 0 rings (SSSR count). The van der Waals surface area contributed by atoms with E-state index in [0.29, 0.717) is 13.0 Å². The minimum absolute atomic E-state index is 0.324. The van der Waals surface area contributed by atoms with Gasteiger partial charge in [0.1, 0.15) is 0 Å². The molecule has 0 bridgehead atoms. The van der Waals surface area contributed by atoms with E-state index < -0.39 is 12.0 Å². The number of carbonyl (C=O) groups excluding carboxylic acids is 1. The first-order valence-corrected chi connectivity index (χ1v) is 9.88. The number of rotatable bonds is 18. The van der Waals surface area contributed by atoms with E-state index in [4.69, 9.17) is 10.8 Å². The molecule has 5 heteroatoms. The molecule has 0 aliphatic rings. The minimum atomic E-state index is -0.671. The molecular weight excluding hydrogens is 304 g/mol. The largest absolute Gasteiger partial charge is 0.481 e. The van der Waals surface area contributed by atoms with Gasteiger partial charge in [0.25, 0.3) is 0 Å².